The molecule has 0 spiro atoms. The van der Waals surface area contributed by atoms with Gasteiger partial charge < -0.3 is 23.7 Å². The predicted molar refractivity (Wildman–Crippen MR) is 159 cm³/mol. The van der Waals surface area contributed by atoms with Gasteiger partial charge in [-0.15, -0.1) is 0 Å². The van der Waals surface area contributed by atoms with Crippen molar-refractivity contribution in [2.45, 2.75) is 126 Å². The lowest BCUT2D eigenvalue weighted by Crippen LogP contribution is -2.50. The van der Waals surface area contributed by atoms with Crippen LogP contribution in [0.15, 0.2) is 29.2 Å². The molecule has 3 saturated heterocycles. The first-order chi connectivity index (χ1) is 20.1. The molecule has 3 aliphatic rings. The number of halogens is 1. The zero-order valence-electron chi connectivity index (χ0n) is 25.1. The minimum absolute atomic E-state index is 0.0952. The number of unbranched alkanes of at least 4 members (excludes halogenated alkanes) is 7. The number of likely N-dealkylation sites (tertiary alicyclic amines) is 1. The smallest absolute Gasteiger partial charge is 0.421 e. The summed E-state index contributed by atoms with van der Waals surface area (Å²) in [5.41, 5.74) is 0. The zero-order chi connectivity index (χ0) is 30.2. The van der Waals surface area contributed by atoms with Crippen LogP contribution in [0.5, 0.6) is 0 Å². The van der Waals surface area contributed by atoms with Crippen molar-refractivity contribution in [1.29, 1.82) is 0 Å². The first-order valence-electron chi connectivity index (χ1n) is 15.4. The molecule has 0 aliphatic carbocycles. The Morgan fingerprint density at radius 2 is 1.69 bits per heavy atom. The number of carbonyl (C=O) groups is 1. The molecule has 4 rings (SSSR count). The van der Waals surface area contributed by atoms with Crippen LogP contribution in [0, 0.1) is 0 Å². The molecule has 0 saturated carbocycles. The molecule has 1 aromatic rings. The molecule has 1 amide bonds. The summed E-state index contributed by atoms with van der Waals surface area (Å²) in [6, 6.07) is 5.54. The van der Waals surface area contributed by atoms with Crippen LogP contribution < -0.4 is 4.72 Å². The monoisotopic (exact) mass is 630 g/mol. The second-order valence-corrected chi connectivity index (χ2v) is 14.0. The summed E-state index contributed by atoms with van der Waals surface area (Å²) in [4.78, 5) is 15.1. The van der Waals surface area contributed by atoms with Gasteiger partial charge in [-0.3, -0.25) is 4.90 Å². The molecule has 0 radical (unpaired) electrons. The molecule has 12 heteroatoms. The van der Waals surface area contributed by atoms with Crippen molar-refractivity contribution in [2.24, 2.45) is 0 Å². The number of amides is 1. The molecule has 0 aromatic heterocycles. The number of benzene rings is 1. The lowest BCUT2D eigenvalue weighted by atomic mass is 10.0. The Labute approximate surface area is 255 Å². The number of nitrogens with one attached hydrogen (secondary N) is 1. The molecule has 238 valence electrons. The van der Waals surface area contributed by atoms with Crippen LogP contribution >= 0.6 is 11.6 Å². The number of hydrogen-bond acceptors (Lipinski definition) is 9. The fourth-order valence-electron chi connectivity index (χ4n) is 5.82. The maximum absolute atomic E-state index is 13.0. The van der Waals surface area contributed by atoms with Crippen LogP contribution in [-0.2, 0) is 33.7 Å². The van der Waals surface area contributed by atoms with E-state index < -0.39 is 52.6 Å². The van der Waals surface area contributed by atoms with Gasteiger partial charge in [-0.1, -0.05) is 63.5 Å². The van der Waals surface area contributed by atoms with E-state index in [4.69, 9.17) is 35.3 Å². The van der Waals surface area contributed by atoms with Crippen molar-refractivity contribution in [2.75, 3.05) is 26.2 Å². The molecular formula is C30H47ClN2O8S. The quantitative estimate of drug-likeness (QED) is 0.233. The average Bonchev–Trinajstić information content (AvgIpc) is 3.62. The maximum Gasteiger partial charge on any atom is 0.421 e. The summed E-state index contributed by atoms with van der Waals surface area (Å²) in [5.74, 6) is -0.838. The van der Waals surface area contributed by atoms with Crippen molar-refractivity contribution in [3.8, 4) is 0 Å². The number of hydrogen-bond donors (Lipinski definition) is 1. The number of nitrogens with zero attached hydrogens (tertiary/aromatic N) is 1. The summed E-state index contributed by atoms with van der Waals surface area (Å²) in [6.45, 7) is 8.47. The van der Waals surface area contributed by atoms with Crippen LogP contribution in [0.4, 0.5) is 4.79 Å². The molecule has 1 unspecified atom stereocenters. The Hall–Kier alpha value is -1.47. The molecule has 0 bridgehead atoms. The first-order valence-corrected chi connectivity index (χ1v) is 17.3. The second kappa shape index (κ2) is 15.5. The van der Waals surface area contributed by atoms with E-state index in [0.29, 0.717) is 18.2 Å². The van der Waals surface area contributed by atoms with Gasteiger partial charge >= 0.3 is 6.09 Å². The highest BCUT2D eigenvalue weighted by molar-refractivity contribution is 7.90. The van der Waals surface area contributed by atoms with Gasteiger partial charge in [0.1, 0.15) is 24.4 Å². The Morgan fingerprint density at radius 1 is 1.05 bits per heavy atom. The topological polar surface area (TPSA) is 113 Å². The lowest BCUT2D eigenvalue weighted by molar-refractivity contribution is -0.230. The fraction of sp³-hybridized carbons (Fsp3) is 0.767. The van der Waals surface area contributed by atoms with E-state index in [1.54, 1.807) is 0 Å². The van der Waals surface area contributed by atoms with E-state index in [1.807, 2.05) is 18.6 Å². The standard InChI is InChI=1S/C30H47ClN2O8S/c1-4-5-6-7-8-9-10-13-20-37-26-25(39-28-27(26)40-30(2,3)41-28)24(21-33-18-11-12-19-33)38-29(34)32-42(35,36)23-16-14-22(31)15-17-23/h14-17,24-28H,4-13,18-21H2,1-3H3,(H,32,34)/t24?,25-,26+,27-,28-/m1/s1. The summed E-state index contributed by atoms with van der Waals surface area (Å²) >= 11 is 5.89. The second-order valence-electron chi connectivity index (χ2n) is 11.9. The highest BCUT2D eigenvalue weighted by Gasteiger charge is 2.58. The Kier molecular flexibility index (Phi) is 12.3. The highest BCUT2D eigenvalue weighted by atomic mass is 35.5. The van der Waals surface area contributed by atoms with Crippen LogP contribution in [-0.4, -0.2) is 82.1 Å². The van der Waals surface area contributed by atoms with Gasteiger partial charge in [0.25, 0.3) is 10.0 Å². The lowest BCUT2D eigenvalue weighted by Gasteiger charge is -2.32. The van der Waals surface area contributed by atoms with Crippen LogP contribution in [0.25, 0.3) is 0 Å². The van der Waals surface area contributed by atoms with Gasteiger partial charge in [0.15, 0.2) is 12.1 Å². The Balaban J connectivity index is 1.41. The number of carbonyl (C=O) groups excluding carboxylic acids is 1. The van der Waals surface area contributed by atoms with Gasteiger partial charge in [0.2, 0.25) is 0 Å². The third-order valence-corrected chi connectivity index (χ3v) is 9.52. The SMILES string of the molecule is CCCCCCCCCCO[C@@H]1[C@H]2OC(C)(C)O[C@H]2O[C@@H]1C(CN1CCCC1)OC(=O)NS(=O)(=O)c1ccc(Cl)cc1. The fourth-order valence-corrected chi connectivity index (χ4v) is 6.83. The molecule has 1 N–H and O–H groups in total. The summed E-state index contributed by atoms with van der Waals surface area (Å²) in [6.07, 6.45) is 7.21. The Morgan fingerprint density at radius 3 is 2.36 bits per heavy atom. The zero-order valence-corrected chi connectivity index (χ0v) is 26.7. The third kappa shape index (κ3) is 9.51. The third-order valence-electron chi connectivity index (χ3n) is 7.94. The molecule has 3 heterocycles. The predicted octanol–water partition coefficient (Wildman–Crippen LogP) is 5.62. The van der Waals surface area contributed by atoms with E-state index >= 15 is 0 Å². The molecule has 3 fully saturated rings. The van der Waals surface area contributed by atoms with Crippen molar-refractivity contribution in [3.63, 3.8) is 0 Å². The van der Waals surface area contributed by atoms with E-state index in [1.165, 1.54) is 62.8 Å². The number of rotatable bonds is 16. The van der Waals surface area contributed by atoms with Crippen molar-refractivity contribution in [1.82, 2.24) is 9.62 Å². The summed E-state index contributed by atoms with van der Waals surface area (Å²) in [5, 5.41) is 0.386. The number of fused-ring (bicyclic) bond motifs is 1. The van der Waals surface area contributed by atoms with Crippen molar-refractivity contribution < 1.29 is 36.9 Å². The van der Waals surface area contributed by atoms with Crippen molar-refractivity contribution >= 4 is 27.7 Å². The normalized spacial score (nSPS) is 26.3. The molecular weight excluding hydrogens is 584 g/mol. The van der Waals surface area contributed by atoms with Crippen LogP contribution in [0.3, 0.4) is 0 Å². The summed E-state index contributed by atoms with van der Waals surface area (Å²) in [7, 11) is -4.17. The molecule has 10 nitrogen and oxygen atoms in total. The van der Waals surface area contributed by atoms with Gasteiger partial charge in [0, 0.05) is 18.2 Å². The molecule has 5 atom stereocenters. The van der Waals surface area contributed by atoms with E-state index in [0.717, 1.165) is 38.8 Å². The Bertz CT molecular complexity index is 1100. The van der Waals surface area contributed by atoms with E-state index in [9.17, 15) is 13.2 Å². The van der Waals surface area contributed by atoms with E-state index in [2.05, 4.69) is 11.8 Å². The molecule has 3 aliphatic heterocycles. The minimum atomic E-state index is -4.17. The van der Waals surface area contributed by atoms with Gasteiger partial charge in [-0.05, 0) is 70.5 Å². The number of sulfonamides is 1. The first kappa shape index (κ1) is 33.4. The van der Waals surface area contributed by atoms with Crippen LogP contribution in [0.2, 0.25) is 5.02 Å². The maximum atomic E-state index is 13.0. The average molecular weight is 631 g/mol. The van der Waals surface area contributed by atoms with Gasteiger partial charge in [0.05, 0.1) is 4.90 Å². The van der Waals surface area contributed by atoms with Gasteiger partial charge in [-0.2, -0.15) is 0 Å². The van der Waals surface area contributed by atoms with Crippen LogP contribution in [0.1, 0.15) is 85.0 Å². The highest BCUT2D eigenvalue weighted by Crippen LogP contribution is 2.40. The van der Waals surface area contributed by atoms with Gasteiger partial charge in [-0.25, -0.2) is 17.9 Å². The van der Waals surface area contributed by atoms with E-state index in [-0.39, 0.29) is 4.90 Å². The molecule has 1 aromatic carbocycles. The number of ether oxygens (including phenoxy) is 5. The summed E-state index contributed by atoms with van der Waals surface area (Å²) < 4.78 is 58.4. The van der Waals surface area contributed by atoms with Crippen molar-refractivity contribution in [3.05, 3.63) is 29.3 Å². The molecule has 42 heavy (non-hydrogen) atoms. The minimum Gasteiger partial charge on any atom is -0.441 e. The largest absolute Gasteiger partial charge is 0.441 e.